The number of rotatable bonds is 16. The first-order valence-electron chi connectivity index (χ1n) is 16.2. The molecule has 4 aromatic rings. The molecule has 0 unspecified atom stereocenters. The highest BCUT2D eigenvalue weighted by Crippen LogP contribution is 2.22. The number of carbonyl (C=O) groups is 4. The van der Waals surface area contributed by atoms with E-state index in [1.165, 1.54) is 0 Å². The van der Waals surface area contributed by atoms with Crippen LogP contribution in [0.15, 0.2) is 73.1 Å². The van der Waals surface area contributed by atoms with Crippen LogP contribution in [0.2, 0.25) is 0 Å². The predicted octanol–water partition coefficient (Wildman–Crippen LogP) is 0.816. The van der Waals surface area contributed by atoms with Gasteiger partial charge in [0, 0.05) is 71.6 Å². The molecule has 2 aromatic carbocycles. The fourth-order valence-corrected chi connectivity index (χ4v) is 6.94. The van der Waals surface area contributed by atoms with Crippen LogP contribution in [0.25, 0.3) is 21.8 Å². The maximum absolute atomic E-state index is 11.7. The molecular formula is C34H48N6O13S2. The molecule has 0 saturated carbocycles. The van der Waals surface area contributed by atoms with Gasteiger partial charge in [-0.3, -0.25) is 0 Å². The molecule has 0 aliphatic carbocycles. The van der Waals surface area contributed by atoms with Crippen molar-refractivity contribution in [3.63, 3.8) is 0 Å². The first-order valence-corrected chi connectivity index (χ1v) is 19.5. The number of aromatic amines is 2. The highest BCUT2D eigenvalue weighted by Gasteiger charge is 2.13. The van der Waals surface area contributed by atoms with Crippen LogP contribution < -0.4 is 20.9 Å². The van der Waals surface area contributed by atoms with E-state index in [2.05, 4.69) is 19.4 Å². The number of H-pyrrole nitrogens is 2. The van der Waals surface area contributed by atoms with Crippen molar-refractivity contribution in [2.24, 2.45) is 11.5 Å². The van der Waals surface area contributed by atoms with Gasteiger partial charge in [0.15, 0.2) is 0 Å². The molecule has 14 N–H and O–H groups in total. The molecule has 0 atom stereocenters. The molecule has 19 nitrogen and oxygen atoms in total. The molecule has 0 radical (unpaired) electrons. The van der Waals surface area contributed by atoms with Crippen LogP contribution in [-0.2, 0) is 63.6 Å². The Kier molecular flexibility index (Phi) is 22.4. The van der Waals surface area contributed by atoms with Gasteiger partial charge >= 0.3 is 23.9 Å². The molecule has 55 heavy (non-hydrogen) atoms. The summed E-state index contributed by atoms with van der Waals surface area (Å²) in [7, 11) is -6.49. The Morgan fingerprint density at radius 2 is 0.927 bits per heavy atom. The molecule has 0 spiro atoms. The lowest BCUT2D eigenvalue weighted by Gasteiger charge is -2.05. The topological polar surface area (TPSA) is 357 Å². The molecule has 4 rings (SSSR count). The monoisotopic (exact) mass is 812 g/mol. The summed E-state index contributed by atoms with van der Waals surface area (Å²) in [5.41, 5.74) is 17.0. The number of carboxylic acid groups (broad SMARTS) is 4. The van der Waals surface area contributed by atoms with Gasteiger partial charge < -0.3 is 47.3 Å². The van der Waals surface area contributed by atoms with Crippen molar-refractivity contribution in [1.29, 1.82) is 0 Å². The van der Waals surface area contributed by atoms with Gasteiger partial charge in [0.1, 0.15) is 0 Å². The number of aliphatic carboxylic acids is 4. The maximum Gasteiger partial charge on any atom is 0.328 e. The molecular weight excluding hydrogens is 765 g/mol. The Morgan fingerprint density at radius 3 is 1.18 bits per heavy atom. The Balaban J connectivity index is 0.000000761. The van der Waals surface area contributed by atoms with Gasteiger partial charge in [-0.25, -0.2) is 45.5 Å². The third kappa shape index (κ3) is 20.0. The van der Waals surface area contributed by atoms with Crippen LogP contribution in [0.3, 0.4) is 0 Å². The van der Waals surface area contributed by atoms with Gasteiger partial charge in [0.2, 0.25) is 20.0 Å². The molecule has 0 bridgehead atoms. The van der Waals surface area contributed by atoms with E-state index in [1.54, 1.807) is 13.8 Å². The number of nitrogens with two attached hydrogens (primary N) is 2. The molecule has 21 heteroatoms. The van der Waals surface area contributed by atoms with Gasteiger partial charge in [0.25, 0.3) is 0 Å². The highest BCUT2D eigenvalue weighted by atomic mass is 32.2. The first-order chi connectivity index (χ1) is 25.4. The lowest BCUT2D eigenvalue weighted by atomic mass is 10.1. The summed E-state index contributed by atoms with van der Waals surface area (Å²) >= 11 is 0. The van der Waals surface area contributed by atoms with Crippen LogP contribution in [0, 0.1) is 0 Å². The minimum Gasteiger partial charge on any atom is -0.478 e. The number of hydrogen-bond acceptors (Lipinski definition) is 10. The molecule has 2 heterocycles. The van der Waals surface area contributed by atoms with Gasteiger partial charge in [0.05, 0.1) is 11.5 Å². The first kappa shape index (κ1) is 49.6. The lowest BCUT2D eigenvalue weighted by Crippen LogP contribution is -2.24. The second-order valence-corrected chi connectivity index (χ2v) is 14.6. The van der Waals surface area contributed by atoms with E-state index in [9.17, 15) is 36.0 Å². The number of aromatic nitrogens is 2. The third-order valence-corrected chi connectivity index (χ3v) is 9.55. The Labute approximate surface area is 317 Å². The smallest absolute Gasteiger partial charge is 0.328 e. The molecule has 0 aliphatic heterocycles. The van der Waals surface area contributed by atoms with Crippen LogP contribution in [-0.4, -0.2) is 103 Å². The van der Waals surface area contributed by atoms with E-state index in [-0.39, 0.29) is 17.0 Å². The second kappa shape index (κ2) is 24.8. The molecule has 0 aliphatic rings. The SMILES string of the molecule is CCNS(=O)(=O)Cc1ccc2[nH]cc(CCN)c2c1.CCNS(=O)(=O)Cc1ccc2[nH]cc(CCN)c2c1.O.O=C(O)C=CC(=O)O.O=C(O)C=CC(=O)O. The Morgan fingerprint density at radius 1 is 0.618 bits per heavy atom. The number of benzene rings is 2. The van der Waals surface area contributed by atoms with Crippen molar-refractivity contribution in [3.05, 3.63) is 95.3 Å². The number of fused-ring (bicyclic) bond motifs is 2. The van der Waals surface area contributed by atoms with Crippen molar-refractivity contribution in [2.75, 3.05) is 26.2 Å². The zero-order valence-corrected chi connectivity index (χ0v) is 31.7. The van der Waals surface area contributed by atoms with Crippen molar-refractivity contribution in [2.45, 2.75) is 38.2 Å². The van der Waals surface area contributed by atoms with Gasteiger partial charge in [-0.05, 0) is 72.5 Å². The zero-order chi connectivity index (χ0) is 40.9. The Hall–Kier alpha value is -5.42. The zero-order valence-electron chi connectivity index (χ0n) is 30.1. The molecule has 304 valence electrons. The normalized spacial score (nSPS) is 11.1. The number of carboxylic acids is 4. The van der Waals surface area contributed by atoms with E-state index in [4.69, 9.17) is 31.9 Å². The summed E-state index contributed by atoms with van der Waals surface area (Å²) in [4.78, 5) is 44.5. The summed E-state index contributed by atoms with van der Waals surface area (Å²) in [6.45, 7) is 5.51. The third-order valence-electron chi connectivity index (χ3n) is 6.67. The average Bonchev–Trinajstić information content (AvgIpc) is 3.67. The predicted molar refractivity (Wildman–Crippen MR) is 207 cm³/mol. The summed E-state index contributed by atoms with van der Waals surface area (Å²) in [6.07, 6.45) is 7.66. The fourth-order valence-electron chi connectivity index (χ4n) is 4.62. The largest absolute Gasteiger partial charge is 0.478 e. The van der Waals surface area contributed by atoms with Crippen LogP contribution in [0.4, 0.5) is 0 Å². The Bertz CT molecular complexity index is 1960. The van der Waals surface area contributed by atoms with Crippen molar-refractivity contribution in [3.8, 4) is 0 Å². The quantitative estimate of drug-likeness (QED) is 0.0701. The number of sulfonamides is 2. The van der Waals surface area contributed by atoms with Crippen LogP contribution >= 0.6 is 0 Å². The van der Waals surface area contributed by atoms with E-state index in [0.717, 1.165) is 56.9 Å². The van der Waals surface area contributed by atoms with Crippen LogP contribution in [0.1, 0.15) is 36.1 Å². The maximum atomic E-state index is 11.7. The van der Waals surface area contributed by atoms with E-state index in [0.29, 0.717) is 50.5 Å². The second-order valence-electron chi connectivity index (χ2n) is 11.0. The standard InChI is InChI=1S/2C13H19N3O2S.2C4H4O4.H2O/c2*1-2-16-19(17,18)9-10-3-4-13-12(7-10)11(5-6-14)8-15-13;2*5-3(6)1-2-4(7)8;/h2*3-4,7-8,15-16H,2,5-6,9,14H2,1H3;2*1-2H,(H,5,6)(H,7,8);1H2. The minimum absolute atomic E-state index is 0. The molecule has 2 aromatic heterocycles. The molecule has 0 fully saturated rings. The van der Waals surface area contributed by atoms with Gasteiger partial charge in [-0.2, -0.15) is 0 Å². The molecule has 0 amide bonds. The van der Waals surface area contributed by atoms with Crippen LogP contribution in [0.5, 0.6) is 0 Å². The van der Waals surface area contributed by atoms with Crippen molar-refractivity contribution in [1.82, 2.24) is 19.4 Å². The number of hydrogen-bond donors (Lipinski definition) is 10. The summed E-state index contributed by atoms with van der Waals surface area (Å²) < 4.78 is 52.0. The van der Waals surface area contributed by atoms with E-state index in [1.807, 2.05) is 48.8 Å². The summed E-state index contributed by atoms with van der Waals surface area (Å²) in [6, 6.07) is 11.3. The molecule has 0 saturated heterocycles. The minimum atomic E-state index is -3.25. The highest BCUT2D eigenvalue weighted by molar-refractivity contribution is 7.88. The van der Waals surface area contributed by atoms with Crippen molar-refractivity contribution < 1.29 is 61.9 Å². The van der Waals surface area contributed by atoms with E-state index >= 15 is 0 Å². The van der Waals surface area contributed by atoms with Gasteiger partial charge in [-0.15, -0.1) is 0 Å². The average molecular weight is 813 g/mol. The van der Waals surface area contributed by atoms with Gasteiger partial charge in [-0.1, -0.05) is 26.0 Å². The van der Waals surface area contributed by atoms with E-state index < -0.39 is 43.9 Å². The van der Waals surface area contributed by atoms with Crippen molar-refractivity contribution >= 4 is 65.7 Å². The lowest BCUT2D eigenvalue weighted by molar-refractivity contribution is -0.134. The summed E-state index contributed by atoms with van der Waals surface area (Å²) in [5.74, 6) is -5.02. The fraction of sp³-hybridized carbons (Fsp3) is 0.294. The summed E-state index contributed by atoms with van der Waals surface area (Å²) in [5, 5.41) is 33.4. The number of nitrogens with one attached hydrogen (secondary N) is 4.